The zero-order chi connectivity index (χ0) is 14.1. The fraction of sp³-hybridized carbons (Fsp3) is 0.286. The van der Waals surface area contributed by atoms with Gasteiger partial charge in [0.2, 0.25) is 0 Å². The number of rotatable bonds is 2. The molecule has 6 nitrogen and oxygen atoms in total. The van der Waals surface area contributed by atoms with Crippen molar-refractivity contribution in [1.29, 1.82) is 0 Å². The molecule has 0 radical (unpaired) electrons. The molecule has 2 aromatic rings. The standard InChI is InChI=1S/C14H13N3O3/c18-12-2-1-7-16(9-12)14-6-3-10-8-11(17(19)20)4-5-13(10)15-14/h3-6,8H,1-2,7,9H2. The molecule has 0 amide bonds. The zero-order valence-corrected chi connectivity index (χ0v) is 10.8. The predicted molar refractivity (Wildman–Crippen MR) is 74.9 cm³/mol. The van der Waals surface area contributed by atoms with Gasteiger partial charge in [-0.1, -0.05) is 0 Å². The summed E-state index contributed by atoms with van der Waals surface area (Å²) < 4.78 is 0. The van der Waals surface area contributed by atoms with Gasteiger partial charge in [0.1, 0.15) is 5.82 Å². The van der Waals surface area contributed by atoms with E-state index in [0.717, 1.165) is 24.2 Å². The smallest absolute Gasteiger partial charge is 0.270 e. The summed E-state index contributed by atoms with van der Waals surface area (Å²) in [4.78, 5) is 28.2. The fourth-order valence-electron chi connectivity index (χ4n) is 2.43. The molecule has 2 heterocycles. The number of piperidine rings is 1. The molecule has 0 spiro atoms. The highest BCUT2D eigenvalue weighted by Gasteiger charge is 2.18. The summed E-state index contributed by atoms with van der Waals surface area (Å²) >= 11 is 0. The number of anilines is 1. The first-order chi connectivity index (χ1) is 9.63. The van der Waals surface area contributed by atoms with Crippen molar-refractivity contribution in [2.45, 2.75) is 12.8 Å². The normalized spacial score (nSPS) is 15.6. The molecule has 1 aromatic carbocycles. The van der Waals surface area contributed by atoms with Gasteiger partial charge < -0.3 is 4.90 Å². The van der Waals surface area contributed by atoms with Crippen LogP contribution in [0.15, 0.2) is 30.3 Å². The number of pyridine rings is 1. The molecule has 0 saturated carbocycles. The Balaban J connectivity index is 1.96. The first kappa shape index (κ1) is 12.5. The molecule has 0 bridgehead atoms. The van der Waals surface area contributed by atoms with E-state index in [1.54, 1.807) is 6.07 Å². The number of non-ortho nitro benzene ring substituents is 1. The summed E-state index contributed by atoms with van der Waals surface area (Å²) in [6.45, 7) is 1.21. The number of nitro groups is 1. The van der Waals surface area contributed by atoms with E-state index in [4.69, 9.17) is 0 Å². The van der Waals surface area contributed by atoms with Crippen LogP contribution in [0.5, 0.6) is 0 Å². The molecule has 102 valence electrons. The van der Waals surface area contributed by atoms with Gasteiger partial charge in [0, 0.05) is 30.5 Å². The van der Waals surface area contributed by atoms with Crippen molar-refractivity contribution >= 4 is 28.2 Å². The molecule has 20 heavy (non-hydrogen) atoms. The van der Waals surface area contributed by atoms with Crippen LogP contribution in [0, 0.1) is 10.1 Å². The summed E-state index contributed by atoms with van der Waals surface area (Å²) in [5.41, 5.74) is 0.756. The third kappa shape index (κ3) is 2.32. The lowest BCUT2D eigenvalue weighted by molar-refractivity contribution is -0.384. The maximum Gasteiger partial charge on any atom is 0.270 e. The Morgan fingerprint density at radius 1 is 1.25 bits per heavy atom. The van der Waals surface area contributed by atoms with Crippen LogP contribution in [0.3, 0.4) is 0 Å². The Hall–Kier alpha value is -2.50. The van der Waals surface area contributed by atoms with E-state index in [2.05, 4.69) is 4.98 Å². The van der Waals surface area contributed by atoms with Gasteiger partial charge in [0.25, 0.3) is 5.69 Å². The quantitative estimate of drug-likeness (QED) is 0.618. The van der Waals surface area contributed by atoms with Crippen molar-refractivity contribution in [3.05, 3.63) is 40.4 Å². The predicted octanol–water partition coefficient (Wildman–Crippen LogP) is 2.31. The van der Waals surface area contributed by atoms with Crippen LogP contribution in [0.2, 0.25) is 0 Å². The lowest BCUT2D eigenvalue weighted by atomic mass is 10.1. The van der Waals surface area contributed by atoms with Gasteiger partial charge in [-0.25, -0.2) is 4.98 Å². The van der Waals surface area contributed by atoms with Crippen LogP contribution in [0.1, 0.15) is 12.8 Å². The van der Waals surface area contributed by atoms with Crippen molar-refractivity contribution in [3.63, 3.8) is 0 Å². The fourth-order valence-corrected chi connectivity index (χ4v) is 2.43. The van der Waals surface area contributed by atoms with E-state index >= 15 is 0 Å². The van der Waals surface area contributed by atoms with Gasteiger partial charge in [0.05, 0.1) is 17.0 Å². The summed E-state index contributed by atoms with van der Waals surface area (Å²) in [6.07, 6.45) is 1.48. The van der Waals surface area contributed by atoms with Crippen molar-refractivity contribution < 1.29 is 9.72 Å². The lowest BCUT2D eigenvalue weighted by Crippen LogP contribution is -2.36. The van der Waals surface area contributed by atoms with Crippen molar-refractivity contribution in [2.24, 2.45) is 0 Å². The average molecular weight is 271 g/mol. The average Bonchev–Trinajstić information content (AvgIpc) is 2.46. The second-order valence-electron chi connectivity index (χ2n) is 4.87. The van der Waals surface area contributed by atoms with E-state index in [9.17, 15) is 14.9 Å². The lowest BCUT2D eigenvalue weighted by Gasteiger charge is -2.26. The number of carbonyl (C=O) groups is 1. The Labute approximate surface area is 115 Å². The molecule has 1 aliphatic rings. The third-order valence-corrected chi connectivity index (χ3v) is 3.44. The van der Waals surface area contributed by atoms with E-state index < -0.39 is 4.92 Å². The van der Waals surface area contributed by atoms with Crippen LogP contribution in [0.4, 0.5) is 11.5 Å². The van der Waals surface area contributed by atoms with E-state index in [1.807, 2.05) is 17.0 Å². The minimum atomic E-state index is -0.420. The Kier molecular flexibility index (Phi) is 3.06. The highest BCUT2D eigenvalue weighted by molar-refractivity contribution is 5.86. The van der Waals surface area contributed by atoms with E-state index in [0.29, 0.717) is 18.5 Å². The Morgan fingerprint density at radius 3 is 2.85 bits per heavy atom. The molecule has 3 rings (SSSR count). The van der Waals surface area contributed by atoms with Gasteiger partial charge in [0.15, 0.2) is 5.78 Å². The summed E-state index contributed by atoms with van der Waals surface area (Å²) in [5.74, 6) is 0.973. The number of carbonyl (C=O) groups excluding carboxylic acids is 1. The van der Waals surface area contributed by atoms with Gasteiger partial charge in [-0.05, 0) is 24.6 Å². The first-order valence-corrected chi connectivity index (χ1v) is 6.45. The monoisotopic (exact) mass is 271 g/mol. The molecule has 0 unspecified atom stereocenters. The summed E-state index contributed by atoms with van der Waals surface area (Å²) in [7, 11) is 0. The van der Waals surface area contributed by atoms with Crippen LogP contribution in [0.25, 0.3) is 10.9 Å². The van der Waals surface area contributed by atoms with Crippen molar-refractivity contribution in [1.82, 2.24) is 4.98 Å². The largest absolute Gasteiger partial charge is 0.349 e. The van der Waals surface area contributed by atoms with E-state index in [-0.39, 0.29) is 11.5 Å². The minimum Gasteiger partial charge on any atom is -0.349 e. The molecule has 0 aliphatic carbocycles. The van der Waals surface area contributed by atoms with Crippen LogP contribution < -0.4 is 4.90 Å². The molecular formula is C14H13N3O3. The molecule has 6 heteroatoms. The Morgan fingerprint density at radius 2 is 2.10 bits per heavy atom. The van der Waals surface area contributed by atoms with Crippen molar-refractivity contribution in [2.75, 3.05) is 18.0 Å². The number of Topliss-reactive ketones (excluding diaryl/α,β-unsaturated/α-hetero) is 1. The maximum atomic E-state index is 11.5. The van der Waals surface area contributed by atoms with Gasteiger partial charge in [-0.2, -0.15) is 0 Å². The van der Waals surface area contributed by atoms with Crippen LogP contribution in [-0.2, 0) is 4.79 Å². The molecule has 1 fully saturated rings. The third-order valence-electron chi connectivity index (χ3n) is 3.44. The second-order valence-corrected chi connectivity index (χ2v) is 4.87. The molecular weight excluding hydrogens is 258 g/mol. The van der Waals surface area contributed by atoms with Crippen LogP contribution in [-0.4, -0.2) is 28.8 Å². The number of aromatic nitrogens is 1. The molecule has 1 aliphatic heterocycles. The number of ketones is 1. The number of fused-ring (bicyclic) bond motifs is 1. The van der Waals surface area contributed by atoms with Crippen LogP contribution >= 0.6 is 0 Å². The summed E-state index contributed by atoms with van der Waals surface area (Å²) in [5, 5.41) is 11.5. The van der Waals surface area contributed by atoms with Crippen molar-refractivity contribution in [3.8, 4) is 0 Å². The molecule has 0 N–H and O–H groups in total. The Bertz CT molecular complexity index is 699. The number of hydrogen-bond donors (Lipinski definition) is 0. The summed E-state index contributed by atoms with van der Waals surface area (Å²) in [6, 6.07) is 8.21. The number of nitro benzene ring substituents is 1. The molecule has 1 saturated heterocycles. The number of hydrogen-bond acceptors (Lipinski definition) is 5. The first-order valence-electron chi connectivity index (χ1n) is 6.45. The van der Waals surface area contributed by atoms with Gasteiger partial charge >= 0.3 is 0 Å². The molecule has 0 atom stereocenters. The van der Waals surface area contributed by atoms with Gasteiger partial charge in [-0.3, -0.25) is 14.9 Å². The number of benzene rings is 1. The van der Waals surface area contributed by atoms with Gasteiger partial charge in [-0.15, -0.1) is 0 Å². The maximum absolute atomic E-state index is 11.5. The number of nitrogens with zero attached hydrogens (tertiary/aromatic N) is 3. The topological polar surface area (TPSA) is 76.3 Å². The van der Waals surface area contributed by atoms with E-state index in [1.165, 1.54) is 12.1 Å². The highest BCUT2D eigenvalue weighted by Crippen LogP contribution is 2.23. The SMILES string of the molecule is O=C1CCCN(c2ccc3cc([N+](=O)[O-])ccc3n2)C1. The second kappa shape index (κ2) is 4.88. The molecule has 1 aromatic heterocycles. The highest BCUT2D eigenvalue weighted by atomic mass is 16.6. The minimum absolute atomic E-state index is 0.0557. The zero-order valence-electron chi connectivity index (χ0n) is 10.8.